The molecule has 0 unspecified atom stereocenters. The third-order valence-electron chi connectivity index (χ3n) is 4.82. The number of aryl methyl sites for hydroxylation is 1. The van der Waals surface area contributed by atoms with E-state index in [1.165, 1.54) is 18.3 Å². The summed E-state index contributed by atoms with van der Waals surface area (Å²) in [6.07, 6.45) is 1.48. The molecular formula is C24H21FN4O3. The molecule has 3 rings (SSSR count). The van der Waals surface area contributed by atoms with E-state index in [1.54, 1.807) is 19.1 Å². The van der Waals surface area contributed by atoms with Crippen LogP contribution in [0.5, 0.6) is 0 Å². The summed E-state index contributed by atoms with van der Waals surface area (Å²) in [6, 6.07) is 14.4. The Kier molecular flexibility index (Phi) is 6.80. The molecule has 0 atom stereocenters. The Hall–Kier alpha value is -4.25. The van der Waals surface area contributed by atoms with Gasteiger partial charge in [-0.25, -0.2) is 14.6 Å². The van der Waals surface area contributed by atoms with Crippen LogP contribution in [0, 0.1) is 31.0 Å². The first-order valence-corrected chi connectivity index (χ1v) is 9.85. The molecule has 3 aromatic rings. The normalized spacial score (nSPS) is 10.7. The first-order chi connectivity index (χ1) is 15.3. The van der Waals surface area contributed by atoms with E-state index in [9.17, 15) is 14.0 Å². The Morgan fingerprint density at radius 3 is 2.53 bits per heavy atom. The number of hydrogen-bond acceptors (Lipinski definition) is 5. The number of esters is 1. The van der Waals surface area contributed by atoms with Gasteiger partial charge in [0.15, 0.2) is 0 Å². The summed E-state index contributed by atoms with van der Waals surface area (Å²) in [5.74, 6) is -1.88. The zero-order valence-corrected chi connectivity index (χ0v) is 17.8. The number of hydrogen-bond donors (Lipinski definition) is 1. The fraction of sp³-hybridized carbons (Fsp3) is 0.167. The third kappa shape index (κ3) is 4.73. The Bertz CT molecular complexity index is 1240. The highest BCUT2D eigenvalue weighted by Gasteiger charge is 2.13. The highest BCUT2D eigenvalue weighted by Crippen LogP contribution is 2.20. The van der Waals surface area contributed by atoms with Crippen LogP contribution in [0.1, 0.15) is 50.2 Å². The minimum atomic E-state index is -0.791. The molecule has 1 aromatic heterocycles. The lowest BCUT2D eigenvalue weighted by Gasteiger charge is -2.10. The van der Waals surface area contributed by atoms with Crippen LogP contribution in [0.25, 0.3) is 5.69 Å². The van der Waals surface area contributed by atoms with Crippen LogP contribution in [0.15, 0.2) is 53.6 Å². The van der Waals surface area contributed by atoms with Crippen molar-refractivity contribution < 1.29 is 18.7 Å². The van der Waals surface area contributed by atoms with Gasteiger partial charge in [-0.05, 0) is 69.3 Å². The predicted octanol–water partition coefficient (Wildman–Crippen LogP) is 4.05. The van der Waals surface area contributed by atoms with Crippen molar-refractivity contribution in [3.63, 3.8) is 0 Å². The molecule has 2 aromatic carbocycles. The number of ether oxygens (including phenoxy) is 1. The molecule has 0 aliphatic rings. The van der Waals surface area contributed by atoms with Crippen molar-refractivity contribution in [3.8, 4) is 11.8 Å². The Labute approximate surface area is 184 Å². The molecule has 7 nitrogen and oxygen atoms in total. The molecule has 0 radical (unpaired) electrons. The van der Waals surface area contributed by atoms with Crippen LogP contribution in [0.3, 0.4) is 0 Å². The second kappa shape index (κ2) is 9.71. The molecule has 1 N–H and O–H groups in total. The zero-order chi connectivity index (χ0) is 23.3. The Morgan fingerprint density at radius 1 is 1.19 bits per heavy atom. The van der Waals surface area contributed by atoms with E-state index in [0.717, 1.165) is 28.7 Å². The van der Waals surface area contributed by atoms with E-state index >= 15 is 0 Å². The second-order valence-electron chi connectivity index (χ2n) is 6.93. The van der Waals surface area contributed by atoms with Gasteiger partial charge in [0.05, 0.1) is 35.6 Å². The minimum absolute atomic E-state index is 0.130. The monoisotopic (exact) mass is 432 g/mol. The van der Waals surface area contributed by atoms with E-state index in [1.807, 2.05) is 42.7 Å². The molecule has 0 aliphatic heterocycles. The zero-order valence-electron chi connectivity index (χ0n) is 17.8. The fourth-order valence-corrected chi connectivity index (χ4v) is 3.27. The van der Waals surface area contributed by atoms with E-state index in [4.69, 9.17) is 10.00 Å². The number of nitrogens with one attached hydrogen (secondary N) is 1. The minimum Gasteiger partial charge on any atom is -0.462 e. The standard InChI is InChI=1S/C24H21FN4O3/c1-4-32-24(31)18-6-8-20(9-7-18)29-15(2)11-19(16(29)3)14-27-28-23(30)21-10-5-17(13-26)12-22(21)25/h5-12,14H,4H2,1-3H3,(H,28,30). The van der Waals surface area contributed by atoms with Crippen molar-refractivity contribution in [2.75, 3.05) is 6.61 Å². The summed E-state index contributed by atoms with van der Waals surface area (Å²) in [5, 5.41) is 12.7. The number of carbonyl (C=O) groups is 2. The lowest BCUT2D eigenvalue weighted by molar-refractivity contribution is 0.0526. The van der Waals surface area contributed by atoms with Crippen LogP contribution in [0.4, 0.5) is 4.39 Å². The van der Waals surface area contributed by atoms with Crippen molar-refractivity contribution in [1.82, 2.24) is 9.99 Å². The topological polar surface area (TPSA) is 96.5 Å². The van der Waals surface area contributed by atoms with Gasteiger partial charge in [-0.2, -0.15) is 10.4 Å². The number of nitrogens with zero attached hydrogens (tertiary/aromatic N) is 3. The largest absolute Gasteiger partial charge is 0.462 e. The molecule has 32 heavy (non-hydrogen) atoms. The molecule has 0 saturated carbocycles. The summed E-state index contributed by atoms with van der Waals surface area (Å²) >= 11 is 0. The number of nitriles is 1. The molecule has 0 saturated heterocycles. The van der Waals surface area contributed by atoms with Gasteiger partial charge < -0.3 is 9.30 Å². The summed E-state index contributed by atoms with van der Waals surface area (Å²) < 4.78 is 21.0. The Balaban J connectivity index is 1.76. The van der Waals surface area contributed by atoms with Crippen LogP contribution < -0.4 is 5.43 Å². The smallest absolute Gasteiger partial charge is 0.338 e. The Morgan fingerprint density at radius 2 is 1.91 bits per heavy atom. The SMILES string of the molecule is CCOC(=O)c1ccc(-n2c(C)cc(C=NNC(=O)c3ccc(C#N)cc3F)c2C)cc1. The summed E-state index contributed by atoms with van der Waals surface area (Å²) in [7, 11) is 0. The molecule has 0 aliphatic carbocycles. The van der Waals surface area contributed by atoms with Crippen molar-refractivity contribution in [3.05, 3.63) is 88.0 Å². The predicted molar refractivity (Wildman–Crippen MR) is 117 cm³/mol. The second-order valence-corrected chi connectivity index (χ2v) is 6.93. The lowest BCUT2D eigenvalue weighted by atomic mass is 10.1. The first kappa shape index (κ1) is 22.4. The highest BCUT2D eigenvalue weighted by atomic mass is 19.1. The molecule has 0 spiro atoms. The van der Waals surface area contributed by atoms with Gasteiger partial charge in [0.25, 0.3) is 5.91 Å². The maximum Gasteiger partial charge on any atom is 0.338 e. The third-order valence-corrected chi connectivity index (χ3v) is 4.82. The van der Waals surface area contributed by atoms with Gasteiger partial charge >= 0.3 is 5.97 Å². The van der Waals surface area contributed by atoms with E-state index < -0.39 is 11.7 Å². The van der Waals surface area contributed by atoms with Crippen LogP contribution >= 0.6 is 0 Å². The molecule has 0 fully saturated rings. The summed E-state index contributed by atoms with van der Waals surface area (Å²) in [5.41, 5.74) is 6.12. The van der Waals surface area contributed by atoms with Crippen molar-refractivity contribution in [2.24, 2.45) is 5.10 Å². The molecule has 162 valence electrons. The number of rotatable bonds is 6. The van der Waals surface area contributed by atoms with Crippen LogP contribution in [0.2, 0.25) is 0 Å². The van der Waals surface area contributed by atoms with Gasteiger partial charge in [0, 0.05) is 22.6 Å². The first-order valence-electron chi connectivity index (χ1n) is 9.85. The van der Waals surface area contributed by atoms with Gasteiger partial charge in [-0.1, -0.05) is 0 Å². The number of halogens is 1. The van der Waals surface area contributed by atoms with Crippen LogP contribution in [-0.4, -0.2) is 29.3 Å². The molecule has 1 amide bonds. The van der Waals surface area contributed by atoms with Gasteiger partial charge in [-0.3, -0.25) is 4.79 Å². The van der Waals surface area contributed by atoms with Gasteiger partial charge in [0.1, 0.15) is 5.82 Å². The number of hydrazone groups is 1. The molecular weight excluding hydrogens is 411 g/mol. The van der Waals surface area contributed by atoms with E-state index in [2.05, 4.69) is 10.5 Å². The van der Waals surface area contributed by atoms with Gasteiger partial charge in [-0.15, -0.1) is 0 Å². The summed E-state index contributed by atoms with van der Waals surface area (Å²) in [6.45, 7) is 5.89. The van der Waals surface area contributed by atoms with E-state index in [-0.39, 0.29) is 17.1 Å². The van der Waals surface area contributed by atoms with E-state index in [0.29, 0.717) is 12.2 Å². The van der Waals surface area contributed by atoms with Crippen molar-refractivity contribution >= 4 is 18.1 Å². The number of carbonyl (C=O) groups excluding carboxylic acids is 2. The maximum absolute atomic E-state index is 14.0. The van der Waals surface area contributed by atoms with Crippen molar-refractivity contribution in [2.45, 2.75) is 20.8 Å². The molecule has 1 heterocycles. The maximum atomic E-state index is 14.0. The molecule has 8 heteroatoms. The van der Waals surface area contributed by atoms with Crippen LogP contribution in [-0.2, 0) is 4.74 Å². The van der Waals surface area contributed by atoms with Gasteiger partial charge in [0.2, 0.25) is 0 Å². The number of aromatic nitrogens is 1. The quantitative estimate of drug-likeness (QED) is 0.361. The number of amides is 1. The number of benzene rings is 2. The molecule has 0 bridgehead atoms. The highest BCUT2D eigenvalue weighted by molar-refractivity contribution is 5.95. The average Bonchev–Trinajstić information content (AvgIpc) is 3.06. The lowest BCUT2D eigenvalue weighted by Crippen LogP contribution is -2.19. The van der Waals surface area contributed by atoms with Crippen molar-refractivity contribution in [1.29, 1.82) is 5.26 Å². The fourth-order valence-electron chi connectivity index (χ4n) is 3.27. The summed E-state index contributed by atoms with van der Waals surface area (Å²) in [4.78, 5) is 24.0. The average molecular weight is 432 g/mol.